The van der Waals surface area contributed by atoms with Crippen molar-refractivity contribution in [3.8, 4) is 0 Å². The number of benzene rings is 1. The number of ketones is 1. The van der Waals surface area contributed by atoms with E-state index in [1.165, 1.54) is 6.42 Å². The molecule has 1 aliphatic rings. The average Bonchev–Trinajstić information content (AvgIpc) is 2.82. The van der Waals surface area contributed by atoms with Gasteiger partial charge in [0.25, 0.3) is 0 Å². The van der Waals surface area contributed by atoms with Gasteiger partial charge < -0.3 is 4.90 Å². The predicted octanol–water partition coefficient (Wildman–Crippen LogP) is 3.31. The van der Waals surface area contributed by atoms with Crippen LogP contribution >= 0.6 is 0 Å². The van der Waals surface area contributed by atoms with E-state index in [2.05, 4.69) is 11.9 Å². The quantitative estimate of drug-likeness (QED) is 0.594. The Labute approximate surface area is 115 Å². The molecule has 0 aliphatic carbocycles. The van der Waals surface area contributed by atoms with Gasteiger partial charge in [-0.15, -0.1) is 0 Å². The summed E-state index contributed by atoms with van der Waals surface area (Å²) >= 11 is 0. The topological polar surface area (TPSA) is 20.3 Å². The fourth-order valence-electron chi connectivity index (χ4n) is 2.43. The standard InChI is InChI=1S/C17H21NO/c1-18-13-7-11-16(18)14-17(19)12-6-5-10-15-8-3-2-4-9-15/h2-6,8-10,12,16H,7,11,13-14H2,1H3/t16-/m1/s1. The third-order valence-electron chi connectivity index (χ3n) is 3.59. The zero-order chi connectivity index (χ0) is 13.5. The minimum Gasteiger partial charge on any atom is -0.303 e. The van der Waals surface area contributed by atoms with Crippen LogP contribution in [0.15, 0.2) is 48.6 Å². The summed E-state index contributed by atoms with van der Waals surface area (Å²) in [7, 11) is 2.10. The van der Waals surface area contributed by atoms with Gasteiger partial charge in [-0.3, -0.25) is 4.79 Å². The number of carbonyl (C=O) groups is 1. The maximum Gasteiger partial charge on any atom is 0.157 e. The van der Waals surface area contributed by atoms with E-state index in [-0.39, 0.29) is 5.78 Å². The predicted molar refractivity (Wildman–Crippen MR) is 79.9 cm³/mol. The molecule has 1 heterocycles. The van der Waals surface area contributed by atoms with Crippen molar-refractivity contribution in [2.75, 3.05) is 13.6 Å². The highest BCUT2D eigenvalue weighted by atomic mass is 16.1. The maximum absolute atomic E-state index is 11.8. The molecule has 0 spiro atoms. The van der Waals surface area contributed by atoms with Crippen LogP contribution in [0.3, 0.4) is 0 Å². The van der Waals surface area contributed by atoms with Crippen molar-refractivity contribution < 1.29 is 4.79 Å². The Kier molecular flexibility index (Phi) is 5.10. The summed E-state index contributed by atoms with van der Waals surface area (Å²) in [6.45, 7) is 1.12. The Morgan fingerprint density at radius 2 is 2.11 bits per heavy atom. The first-order valence-electron chi connectivity index (χ1n) is 6.88. The van der Waals surface area contributed by atoms with Crippen molar-refractivity contribution in [3.05, 3.63) is 54.1 Å². The second-order valence-corrected chi connectivity index (χ2v) is 5.08. The summed E-state index contributed by atoms with van der Waals surface area (Å²) < 4.78 is 0. The Morgan fingerprint density at radius 3 is 2.79 bits per heavy atom. The third-order valence-corrected chi connectivity index (χ3v) is 3.59. The van der Waals surface area contributed by atoms with E-state index in [0.29, 0.717) is 12.5 Å². The molecule has 100 valence electrons. The summed E-state index contributed by atoms with van der Waals surface area (Å²) in [5.41, 5.74) is 1.15. The molecule has 0 radical (unpaired) electrons. The van der Waals surface area contributed by atoms with E-state index in [9.17, 15) is 4.79 Å². The Hall–Kier alpha value is -1.67. The molecule has 19 heavy (non-hydrogen) atoms. The van der Waals surface area contributed by atoms with Crippen LogP contribution in [0, 0.1) is 0 Å². The summed E-state index contributed by atoms with van der Waals surface area (Å²) in [5.74, 6) is 0.219. The molecule has 1 aromatic rings. The molecular weight excluding hydrogens is 234 g/mol. The van der Waals surface area contributed by atoms with Crippen molar-refractivity contribution in [3.63, 3.8) is 0 Å². The zero-order valence-electron chi connectivity index (χ0n) is 11.5. The summed E-state index contributed by atoms with van der Waals surface area (Å²) in [5, 5.41) is 0. The first-order chi connectivity index (χ1) is 9.25. The van der Waals surface area contributed by atoms with Gasteiger partial charge in [0, 0.05) is 12.5 Å². The van der Waals surface area contributed by atoms with Crippen molar-refractivity contribution >= 4 is 11.9 Å². The molecule has 0 saturated carbocycles. The zero-order valence-corrected chi connectivity index (χ0v) is 11.5. The van der Waals surface area contributed by atoms with Gasteiger partial charge >= 0.3 is 0 Å². The van der Waals surface area contributed by atoms with Crippen molar-refractivity contribution in [2.24, 2.45) is 0 Å². The lowest BCUT2D eigenvalue weighted by Crippen LogP contribution is -2.26. The Morgan fingerprint density at radius 1 is 1.32 bits per heavy atom. The van der Waals surface area contributed by atoms with E-state index in [1.807, 2.05) is 48.6 Å². The van der Waals surface area contributed by atoms with Crippen molar-refractivity contribution in [1.29, 1.82) is 0 Å². The number of hydrogen-bond donors (Lipinski definition) is 0. The van der Waals surface area contributed by atoms with Gasteiger partial charge in [0.2, 0.25) is 0 Å². The second-order valence-electron chi connectivity index (χ2n) is 5.08. The van der Waals surface area contributed by atoms with Crippen LogP contribution in [0.1, 0.15) is 24.8 Å². The normalized spacial score (nSPS) is 20.6. The van der Waals surface area contributed by atoms with Gasteiger partial charge in [-0.1, -0.05) is 48.6 Å². The van der Waals surface area contributed by atoms with Crippen LogP contribution in [0.4, 0.5) is 0 Å². The highest BCUT2D eigenvalue weighted by molar-refractivity contribution is 5.90. The lowest BCUT2D eigenvalue weighted by Gasteiger charge is -2.17. The number of nitrogens with zero attached hydrogens (tertiary/aromatic N) is 1. The summed E-state index contributed by atoms with van der Waals surface area (Å²) in [6, 6.07) is 10.5. The van der Waals surface area contributed by atoms with Crippen molar-refractivity contribution in [2.45, 2.75) is 25.3 Å². The highest BCUT2D eigenvalue weighted by Crippen LogP contribution is 2.18. The molecule has 0 aromatic heterocycles. The number of allylic oxidation sites excluding steroid dienone is 3. The largest absolute Gasteiger partial charge is 0.303 e. The molecule has 1 aromatic carbocycles. The van der Waals surface area contributed by atoms with Gasteiger partial charge in [-0.05, 0) is 38.1 Å². The van der Waals surface area contributed by atoms with Crippen LogP contribution in [0.25, 0.3) is 6.08 Å². The summed E-state index contributed by atoms with van der Waals surface area (Å²) in [4.78, 5) is 14.1. The maximum atomic E-state index is 11.8. The van der Waals surface area contributed by atoms with Gasteiger partial charge in [-0.2, -0.15) is 0 Å². The van der Waals surface area contributed by atoms with E-state index >= 15 is 0 Å². The molecule has 1 saturated heterocycles. The van der Waals surface area contributed by atoms with Crippen LogP contribution < -0.4 is 0 Å². The van der Waals surface area contributed by atoms with Crippen LogP contribution in [0.5, 0.6) is 0 Å². The molecule has 2 nitrogen and oxygen atoms in total. The number of hydrogen-bond acceptors (Lipinski definition) is 2. The first-order valence-corrected chi connectivity index (χ1v) is 6.88. The lowest BCUT2D eigenvalue weighted by atomic mass is 10.1. The van der Waals surface area contributed by atoms with Gasteiger partial charge in [-0.25, -0.2) is 0 Å². The highest BCUT2D eigenvalue weighted by Gasteiger charge is 2.22. The SMILES string of the molecule is CN1CCC[C@@H]1CC(=O)C=CC=Cc1ccccc1. The summed E-state index contributed by atoms with van der Waals surface area (Å²) in [6.07, 6.45) is 10.5. The smallest absolute Gasteiger partial charge is 0.157 e. The molecule has 1 aliphatic heterocycles. The Balaban J connectivity index is 1.79. The molecule has 0 bridgehead atoms. The van der Waals surface area contributed by atoms with Crippen LogP contribution in [0.2, 0.25) is 0 Å². The number of rotatable bonds is 5. The number of likely N-dealkylation sites (tertiary alicyclic amines) is 1. The van der Waals surface area contributed by atoms with Gasteiger partial charge in [0.15, 0.2) is 5.78 Å². The molecular formula is C17H21NO. The third kappa shape index (κ3) is 4.49. The Bertz CT molecular complexity index is 461. The number of carbonyl (C=O) groups excluding carboxylic acids is 1. The molecule has 0 N–H and O–H groups in total. The molecule has 2 heteroatoms. The van der Waals surface area contributed by atoms with Crippen LogP contribution in [-0.2, 0) is 4.79 Å². The lowest BCUT2D eigenvalue weighted by molar-refractivity contribution is -0.115. The first kappa shape index (κ1) is 13.8. The van der Waals surface area contributed by atoms with Crippen LogP contribution in [-0.4, -0.2) is 30.3 Å². The molecule has 0 amide bonds. The van der Waals surface area contributed by atoms with E-state index < -0.39 is 0 Å². The van der Waals surface area contributed by atoms with E-state index in [1.54, 1.807) is 6.08 Å². The average molecular weight is 255 g/mol. The fourth-order valence-corrected chi connectivity index (χ4v) is 2.43. The minimum atomic E-state index is 0.219. The fraction of sp³-hybridized carbons (Fsp3) is 0.353. The molecule has 2 rings (SSSR count). The van der Waals surface area contributed by atoms with Gasteiger partial charge in [0.1, 0.15) is 0 Å². The molecule has 1 fully saturated rings. The van der Waals surface area contributed by atoms with E-state index in [4.69, 9.17) is 0 Å². The minimum absolute atomic E-state index is 0.219. The van der Waals surface area contributed by atoms with E-state index in [0.717, 1.165) is 18.5 Å². The van der Waals surface area contributed by atoms with Crippen molar-refractivity contribution in [1.82, 2.24) is 4.90 Å². The molecule has 0 unspecified atom stereocenters. The monoisotopic (exact) mass is 255 g/mol. The molecule has 1 atom stereocenters. The second kappa shape index (κ2) is 7.05. The van der Waals surface area contributed by atoms with Gasteiger partial charge in [0.05, 0.1) is 0 Å².